The molecule has 160 valence electrons. The van der Waals surface area contributed by atoms with Gasteiger partial charge in [-0.25, -0.2) is 0 Å². The molecule has 5 aromatic rings. The zero-order valence-corrected chi connectivity index (χ0v) is 18.6. The topological polar surface area (TPSA) is 13.1 Å². The summed E-state index contributed by atoms with van der Waals surface area (Å²) < 4.78 is 6.35. The monoisotopic (exact) mass is 426 g/mol. The Kier molecular flexibility index (Phi) is 5.78. The molecular formula is C32H26O. The number of fused-ring (bicyclic) bond motifs is 1. The Morgan fingerprint density at radius 3 is 1.58 bits per heavy atom. The second-order valence-corrected chi connectivity index (χ2v) is 8.15. The van der Waals surface area contributed by atoms with Gasteiger partial charge in [0, 0.05) is 22.1 Å². The lowest BCUT2D eigenvalue weighted by molar-refractivity contribution is 0.612. The molecule has 5 rings (SSSR count). The van der Waals surface area contributed by atoms with Crippen molar-refractivity contribution in [1.82, 2.24) is 0 Å². The van der Waals surface area contributed by atoms with Crippen molar-refractivity contribution < 1.29 is 4.42 Å². The number of hydrogen-bond acceptors (Lipinski definition) is 1. The highest BCUT2D eigenvalue weighted by Crippen LogP contribution is 2.48. The van der Waals surface area contributed by atoms with Crippen LogP contribution < -0.4 is 0 Å². The molecule has 1 aromatic heterocycles. The third-order valence-electron chi connectivity index (χ3n) is 6.10. The first-order chi connectivity index (χ1) is 16.3. The molecule has 0 N–H and O–H groups in total. The molecule has 0 fully saturated rings. The highest BCUT2D eigenvalue weighted by atomic mass is 16.3. The van der Waals surface area contributed by atoms with Crippen LogP contribution in [-0.2, 0) is 12.8 Å². The predicted octanol–water partition coefficient (Wildman–Crippen LogP) is 8.89. The molecule has 1 heteroatoms. The van der Waals surface area contributed by atoms with Gasteiger partial charge in [-0.05, 0) is 40.7 Å². The first kappa shape index (κ1) is 20.8. The largest absolute Gasteiger partial charge is 0.463 e. The van der Waals surface area contributed by atoms with Crippen molar-refractivity contribution in [2.75, 3.05) is 0 Å². The van der Waals surface area contributed by atoms with Crippen LogP contribution in [0.3, 0.4) is 0 Å². The normalized spacial score (nSPS) is 10.9. The zero-order chi connectivity index (χ0) is 22.6. The fraction of sp³-hybridized carbons (Fsp3) is 0.0625. The van der Waals surface area contributed by atoms with Crippen molar-refractivity contribution in [1.29, 1.82) is 0 Å². The first-order valence-corrected chi connectivity index (χ1v) is 11.3. The fourth-order valence-corrected chi connectivity index (χ4v) is 4.77. The van der Waals surface area contributed by atoms with Gasteiger partial charge in [-0.1, -0.05) is 103 Å². The minimum absolute atomic E-state index is 0.738. The lowest BCUT2D eigenvalue weighted by atomic mass is 9.81. The van der Waals surface area contributed by atoms with Gasteiger partial charge in [0.05, 0.1) is 6.26 Å². The average molecular weight is 427 g/mol. The second kappa shape index (κ2) is 9.18. The Morgan fingerprint density at radius 1 is 0.576 bits per heavy atom. The Morgan fingerprint density at radius 2 is 1.06 bits per heavy atom. The standard InChI is InChI=1S/C32H26O/c1-3-14-26-22-33-32-29(24-18-10-6-11-19-24)27(15-4-2)28(23-16-8-5-9-17-23)30(31(26)32)25-20-12-7-13-21-25/h3-13,16-22H,1-2,14-15H2. The van der Waals surface area contributed by atoms with Gasteiger partial charge in [-0.15, -0.1) is 13.2 Å². The fourth-order valence-electron chi connectivity index (χ4n) is 4.77. The van der Waals surface area contributed by atoms with Gasteiger partial charge in [0.1, 0.15) is 5.58 Å². The van der Waals surface area contributed by atoms with Gasteiger partial charge >= 0.3 is 0 Å². The van der Waals surface area contributed by atoms with Gasteiger partial charge in [-0.3, -0.25) is 0 Å². The van der Waals surface area contributed by atoms with E-state index in [4.69, 9.17) is 4.42 Å². The van der Waals surface area contributed by atoms with Crippen LogP contribution in [0.25, 0.3) is 44.3 Å². The quantitative estimate of drug-likeness (QED) is 0.237. The van der Waals surface area contributed by atoms with Crippen LogP contribution >= 0.6 is 0 Å². The van der Waals surface area contributed by atoms with Crippen molar-refractivity contribution in [3.8, 4) is 33.4 Å². The van der Waals surface area contributed by atoms with E-state index in [-0.39, 0.29) is 0 Å². The first-order valence-electron chi connectivity index (χ1n) is 11.3. The van der Waals surface area contributed by atoms with Crippen LogP contribution in [-0.4, -0.2) is 0 Å². The highest BCUT2D eigenvalue weighted by molar-refractivity contribution is 6.12. The van der Waals surface area contributed by atoms with E-state index in [1.807, 2.05) is 18.4 Å². The summed E-state index contributed by atoms with van der Waals surface area (Å²) in [6, 6.07) is 31.8. The summed E-state index contributed by atoms with van der Waals surface area (Å²) in [7, 11) is 0. The number of allylic oxidation sites excluding steroid dienone is 2. The van der Waals surface area contributed by atoms with E-state index >= 15 is 0 Å². The molecule has 0 atom stereocenters. The molecule has 0 unspecified atom stereocenters. The lowest BCUT2D eigenvalue weighted by Gasteiger charge is -2.21. The van der Waals surface area contributed by atoms with Crippen LogP contribution in [0.5, 0.6) is 0 Å². The van der Waals surface area contributed by atoms with Gasteiger partial charge in [0.2, 0.25) is 0 Å². The molecule has 0 aliphatic heterocycles. The van der Waals surface area contributed by atoms with E-state index < -0.39 is 0 Å². The van der Waals surface area contributed by atoms with E-state index in [0.717, 1.165) is 40.5 Å². The summed E-state index contributed by atoms with van der Waals surface area (Å²) in [5.41, 5.74) is 10.4. The molecule has 1 heterocycles. The molecule has 0 amide bonds. The van der Waals surface area contributed by atoms with E-state index in [9.17, 15) is 0 Å². The summed E-state index contributed by atoms with van der Waals surface area (Å²) in [6.07, 6.45) is 7.32. The molecule has 0 radical (unpaired) electrons. The van der Waals surface area contributed by atoms with Crippen molar-refractivity contribution in [2.45, 2.75) is 12.8 Å². The molecular weight excluding hydrogens is 400 g/mol. The summed E-state index contributed by atoms with van der Waals surface area (Å²) >= 11 is 0. The van der Waals surface area contributed by atoms with Crippen molar-refractivity contribution in [2.24, 2.45) is 0 Å². The third-order valence-corrected chi connectivity index (χ3v) is 6.10. The Balaban J connectivity index is 2.04. The number of benzene rings is 4. The molecule has 33 heavy (non-hydrogen) atoms. The van der Waals surface area contributed by atoms with E-state index in [1.54, 1.807) is 0 Å². The summed E-state index contributed by atoms with van der Waals surface area (Å²) in [5.74, 6) is 0. The summed E-state index contributed by atoms with van der Waals surface area (Å²) in [4.78, 5) is 0. The van der Waals surface area contributed by atoms with Crippen molar-refractivity contribution in [3.63, 3.8) is 0 Å². The molecule has 4 aromatic carbocycles. The lowest BCUT2D eigenvalue weighted by Crippen LogP contribution is -1.99. The van der Waals surface area contributed by atoms with Crippen LogP contribution in [0.15, 0.2) is 127 Å². The molecule has 0 saturated heterocycles. The maximum absolute atomic E-state index is 6.35. The maximum Gasteiger partial charge on any atom is 0.142 e. The van der Waals surface area contributed by atoms with Gasteiger partial charge in [-0.2, -0.15) is 0 Å². The molecule has 1 nitrogen and oxygen atoms in total. The Hall–Kier alpha value is -4.10. The zero-order valence-electron chi connectivity index (χ0n) is 18.6. The number of furan rings is 1. The van der Waals surface area contributed by atoms with Crippen LogP contribution in [0.1, 0.15) is 11.1 Å². The van der Waals surface area contributed by atoms with Crippen molar-refractivity contribution >= 4 is 11.0 Å². The third kappa shape index (κ3) is 3.72. The minimum Gasteiger partial charge on any atom is -0.463 e. The second-order valence-electron chi connectivity index (χ2n) is 8.15. The Labute approximate surface area is 195 Å². The van der Waals surface area contributed by atoms with E-state index in [2.05, 4.69) is 104 Å². The van der Waals surface area contributed by atoms with Gasteiger partial charge in [0.25, 0.3) is 0 Å². The SMILES string of the molecule is C=CCc1c(-c2ccccc2)c(-c2ccccc2)c2c(CC=C)coc2c1-c1ccccc1. The van der Waals surface area contributed by atoms with Crippen LogP contribution in [0, 0.1) is 0 Å². The predicted molar refractivity (Wildman–Crippen MR) is 140 cm³/mol. The van der Waals surface area contributed by atoms with Crippen LogP contribution in [0.4, 0.5) is 0 Å². The van der Waals surface area contributed by atoms with Crippen molar-refractivity contribution in [3.05, 3.63) is 134 Å². The maximum atomic E-state index is 6.35. The molecule has 0 spiro atoms. The molecule has 0 saturated carbocycles. The van der Waals surface area contributed by atoms with Gasteiger partial charge in [0.15, 0.2) is 0 Å². The minimum atomic E-state index is 0.738. The summed E-state index contributed by atoms with van der Waals surface area (Å²) in [5, 5.41) is 1.16. The van der Waals surface area contributed by atoms with E-state index in [1.165, 1.54) is 27.8 Å². The molecule has 0 bridgehead atoms. The smallest absolute Gasteiger partial charge is 0.142 e. The number of hydrogen-bond donors (Lipinski definition) is 0. The van der Waals surface area contributed by atoms with Gasteiger partial charge < -0.3 is 4.42 Å². The number of rotatable bonds is 7. The van der Waals surface area contributed by atoms with Crippen LogP contribution in [0.2, 0.25) is 0 Å². The highest BCUT2D eigenvalue weighted by Gasteiger charge is 2.25. The molecule has 0 aliphatic carbocycles. The summed E-state index contributed by atoms with van der Waals surface area (Å²) in [6.45, 7) is 8.10. The molecule has 0 aliphatic rings. The van der Waals surface area contributed by atoms with E-state index in [0.29, 0.717) is 0 Å². The average Bonchev–Trinajstić information content (AvgIpc) is 3.28. The Bertz CT molecular complexity index is 1410.